The van der Waals surface area contributed by atoms with Crippen LogP contribution in [0.3, 0.4) is 0 Å². The third-order valence-electron chi connectivity index (χ3n) is 3.94. The molecule has 0 radical (unpaired) electrons. The Kier molecular flexibility index (Phi) is 24.6. The minimum atomic E-state index is -4.52. The zero-order valence-electron chi connectivity index (χ0n) is 16.9. The van der Waals surface area contributed by atoms with E-state index in [-0.39, 0.29) is 36.2 Å². The molecule has 0 aliphatic rings. The zero-order chi connectivity index (χ0) is 18.6. The minimum Gasteiger partial charge on any atom is -0.726 e. The van der Waals surface area contributed by atoms with E-state index in [0.29, 0.717) is 6.42 Å². The van der Waals surface area contributed by atoms with Crippen LogP contribution in [0.15, 0.2) is 0 Å². The van der Waals surface area contributed by atoms with Gasteiger partial charge in [0.25, 0.3) is 0 Å². The summed E-state index contributed by atoms with van der Waals surface area (Å²) in [6.45, 7) is 5.44. The second-order valence-corrected chi connectivity index (χ2v) is 7.33. The third-order valence-corrected chi connectivity index (χ3v) is 4.40. The van der Waals surface area contributed by atoms with E-state index in [4.69, 9.17) is 9.47 Å². The van der Waals surface area contributed by atoms with Crippen molar-refractivity contribution in [2.75, 3.05) is 33.0 Å². The summed E-state index contributed by atoms with van der Waals surface area (Å²) < 4.78 is 45.7. The van der Waals surface area contributed by atoms with Crippen LogP contribution in [0.1, 0.15) is 84.0 Å². The molecule has 0 bridgehead atoms. The number of hydrogen-bond donors (Lipinski definition) is 0. The van der Waals surface area contributed by atoms with E-state index in [2.05, 4.69) is 4.18 Å². The monoisotopic (exact) mass is 404 g/mol. The standard InChI is InChI=1S/C18H38O6S.Na/c1-2-22-15-11-7-3-4-8-12-16-23-17-13-9-5-6-10-14-18-24-25(19,20)21;/h2-18H2,1H3,(H,19,20,21);/q;+1/p-1. The summed E-state index contributed by atoms with van der Waals surface area (Å²) in [4.78, 5) is 0. The van der Waals surface area contributed by atoms with Gasteiger partial charge in [-0.3, -0.25) is 4.18 Å². The van der Waals surface area contributed by atoms with Crippen molar-refractivity contribution in [2.45, 2.75) is 84.0 Å². The van der Waals surface area contributed by atoms with Crippen LogP contribution in [0.5, 0.6) is 0 Å². The van der Waals surface area contributed by atoms with Gasteiger partial charge in [0.15, 0.2) is 0 Å². The molecule has 6 nitrogen and oxygen atoms in total. The maximum Gasteiger partial charge on any atom is 1.00 e. The summed E-state index contributed by atoms with van der Waals surface area (Å²) in [5, 5.41) is 0. The molecule has 0 saturated heterocycles. The second kappa shape index (κ2) is 22.1. The van der Waals surface area contributed by atoms with Gasteiger partial charge in [-0.15, -0.1) is 0 Å². The first-order chi connectivity index (χ1) is 12.1. The first kappa shape index (κ1) is 29.0. The van der Waals surface area contributed by atoms with Gasteiger partial charge < -0.3 is 14.0 Å². The average molecular weight is 405 g/mol. The van der Waals surface area contributed by atoms with Crippen molar-refractivity contribution >= 4 is 10.4 Å². The molecule has 0 N–H and O–H groups in total. The molecule has 0 rings (SSSR count). The molecule has 0 heterocycles. The molecule has 0 atom stereocenters. The molecule has 0 fully saturated rings. The van der Waals surface area contributed by atoms with Crippen molar-refractivity contribution in [1.29, 1.82) is 0 Å². The molecule has 0 amide bonds. The first-order valence-electron chi connectivity index (χ1n) is 9.82. The predicted octanol–water partition coefficient (Wildman–Crippen LogP) is 1.20. The Morgan fingerprint density at radius 3 is 1.35 bits per heavy atom. The van der Waals surface area contributed by atoms with Crippen LogP contribution < -0.4 is 29.6 Å². The Morgan fingerprint density at radius 1 is 0.615 bits per heavy atom. The van der Waals surface area contributed by atoms with Gasteiger partial charge in [0.1, 0.15) is 0 Å². The van der Waals surface area contributed by atoms with Gasteiger partial charge in [-0.1, -0.05) is 51.4 Å². The molecule has 0 aromatic rings. The third kappa shape index (κ3) is 27.0. The Balaban J connectivity index is 0. The molecule has 152 valence electrons. The molecule has 0 aliphatic carbocycles. The molecule has 0 saturated carbocycles. The second-order valence-electron chi connectivity index (χ2n) is 6.28. The van der Waals surface area contributed by atoms with Gasteiger partial charge in [-0.05, 0) is 32.6 Å². The van der Waals surface area contributed by atoms with Crippen molar-refractivity contribution in [2.24, 2.45) is 0 Å². The largest absolute Gasteiger partial charge is 1.00 e. The van der Waals surface area contributed by atoms with Crippen LogP contribution in [0, 0.1) is 0 Å². The maximum atomic E-state index is 10.2. The average Bonchev–Trinajstić information content (AvgIpc) is 2.56. The molecule has 0 aromatic heterocycles. The molecular weight excluding hydrogens is 367 g/mol. The van der Waals surface area contributed by atoms with Gasteiger partial charge >= 0.3 is 29.6 Å². The maximum absolute atomic E-state index is 10.2. The fourth-order valence-electron chi connectivity index (χ4n) is 2.54. The topological polar surface area (TPSA) is 84.9 Å². The summed E-state index contributed by atoms with van der Waals surface area (Å²) in [5.74, 6) is 0. The fourth-order valence-corrected chi connectivity index (χ4v) is 2.86. The van der Waals surface area contributed by atoms with E-state index in [1.165, 1.54) is 32.1 Å². The molecule has 0 spiro atoms. The van der Waals surface area contributed by atoms with Crippen LogP contribution in [-0.2, 0) is 24.1 Å². The molecular formula is C18H37NaO6S. The quantitative estimate of drug-likeness (QED) is 0.131. The number of ether oxygens (including phenoxy) is 2. The van der Waals surface area contributed by atoms with E-state index in [1.54, 1.807) is 0 Å². The zero-order valence-corrected chi connectivity index (χ0v) is 19.7. The Hall–Kier alpha value is 0.790. The van der Waals surface area contributed by atoms with Crippen LogP contribution >= 0.6 is 0 Å². The van der Waals surface area contributed by atoms with Crippen LogP contribution in [-0.4, -0.2) is 46.0 Å². The van der Waals surface area contributed by atoms with Crippen LogP contribution in [0.2, 0.25) is 0 Å². The summed E-state index contributed by atoms with van der Waals surface area (Å²) >= 11 is 0. The van der Waals surface area contributed by atoms with Crippen molar-refractivity contribution in [3.63, 3.8) is 0 Å². The van der Waals surface area contributed by atoms with E-state index in [0.717, 1.165) is 65.0 Å². The number of rotatable bonds is 20. The van der Waals surface area contributed by atoms with Crippen molar-refractivity contribution in [3.05, 3.63) is 0 Å². The van der Waals surface area contributed by atoms with Crippen molar-refractivity contribution in [3.8, 4) is 0 Å². The Labute approximate surface area is 183 Å². The normalized spacial score (nSPS) is 11.5. The Bertz CT molecular complexity index is 365. The molecule has 0 aliphatic heterocycles. The minimum absolute atomic E-state index is 0. The van der Waals surface area contributed by atoms with Crippen LogP contribution in [0.4, 0.5) is 0 Å². The van der Waals surface area contributed by atoms with E-state index < -0.39 is 10.4 Å². The van der Waals surface area contributed by atoms with E-state index >= 15 is 0 Å². The van der Waals surface area contributed by atoms with Crippen LogP contribution in [0.25, 0.3) is 0 Å². The molecule has 26 heavy (non-hydrogen) atoms. The van der Waals surface area contributed by atoms with Gasteiger partial charge in [0, 0.05) is 26.4 Å². The molecule has 8 heteroatoms. The Morgan fingerprint density at radius 2 is 0.962 bits per heavy atom. The molecule has 0 aromatic carbocycles. The predicted molar refractivity (Wildman–Crippen MR) is 98.4 cm³/mol. The summed E-state index contributed by atoms with van der Waals surface area (Å²) in [7, 11) is -4.52. The van der Waals surface area contributed by atoms with Crippen molar-refractivity contribution < 1.29 is 56.2 Å². The van der Waals surface area contributed by atoms with Gasteiger partial charge in [-0.2, -0.15) is 0 Å². The fraction of sp³-hybridized carbons (Fsp3) is 1.00. The number of unbranched alkanes of at least 4 members (excludes halogenated alkanes) is 10. The smallest absolute Gasteiger partial charge is 0.726 e. The summed E-state index contributed by atoms with van der Waals surface area (Å²) in [6.07, 6.45) is 13.2. The van der Waals surface area contributed by atoms with Crippen molar-refractivity contribution in [1.82, 2.24) is 0 Å². The molecule has 0 unspecified atom stereocenters. The van der Waals surface area contributed by atoms with Gasteiger partial charge in [0.05, 0.1) is 6.61 Å². The van der Waals surface area contributed by atoms with Gasteiger partial charge in [0.2, 0.25) is 10.4 Å². The van der Waals surface area contributed by atoms with Gasteiger partial charge in [-0.25, -0.2) is 8.42 Å². The van der Waals surface area contributed by atoms with E-state index in [1.807, 2.05) is 6.92 Å². The number of hydrogen-bond acceptors (Lipinski definition) is 6. The summed E-state index contributed by atoms with van der Waals surface area (Å²) in [6, 6.07) is 0. The SMILES string of the molecule is CCOCCCCCCCCOCCCCCCCCOS(=O)(=O)[O-].[Na+]. The first-order valence-corrected chi connectivity index (χ1v) is 11.2. The van der Waals surface area contributed by atoms with E-state index in [9.17, 15) is 13.0 Å². The summed E-state index contributed by atoms with van der Waals surface area (Å²) in [5.41, 5.74) is 0.